The van der Waals surface area contributed by atoms with Crippen LogP contribution >= 0.6 is 0 Å². The Morgan fingerprint density at radius 1 is 1.29 bits per heavy atom. The lowest BCUT2D eigenvalue weighted by atomic mass is 9.87. The van der Waals surface area contributed by atoms with Crippen LogP contribution in [0.25, 0.3) is 0 Å². The molecule has 2 nitrogen and oxygen atoms in total. The van der Waals surface area contributed by atoms with Gasteiger partial charge in [0.2, 0.25) is 0 Å². The van der Waals surface area contributed by atoms with Gasteiger partial charge in [-0.3, -0.25) is 0 Å². The van der Waals surface area contributed by atoms with Crippen molar-refractivity contribution in [1.29, 1.82) is 0 Å². The summed E-state index contributed by atoms with van der Waals surface area (Å²) >= 11 is 0. The van der Waals surface area contributed by atoms with Crippen molar-refractivity contribution in [3.8, 4) is 0 Å². The number of hydrogen-bond acceptors (Lipinski definition) is 1. The molecule has 0 aromatic carbocycles. The van der Waals surface area contributed by atoms with Gasteiger partial charge in [-0.1, -0.05) is 13.8 Å². The second-order valence-electron chi connectivity index (χ2n) is 4.67. The number of nitrogens with two attached hydrogens (primary N) is 1. The minimum absolute atomic E-state index is 0.0394. The van der Waals surface area contributed by atoms with E-state index < -0.39 is 0 Å². The summed E-state index contributed by atoms with van der Waals surface area (Å²) in [6, 6.07) is 4.32. The zero-order chi connectivity index (χ0) is 10.9. The second-order valence-corrected chi connectivity index (χ2v) is 4.67. The number of aryl methyl sites for hydroxylation is 2. The molecule has 0 amide bonds. The Bertz CT molecular complexity index is 293. The standard InChI is InChI=1S/C12H22N2/c1-9(2)12(5,8-13)14-10(3)6-7-11(14)4/h6-7,9H,8,13H2,1-5H3. The Morgan fingerprint density at radius 3 is 2.00 bits per heavy atom. The third-order valence-corrected chi connectivity index (χ3v) is 3.44. The summed E-state index contributed by atoms with van der Waals surface area (Å²) in [6.07, 6.45) is 0. The maximum absolute atomic E-state index is 5.92. The highest BCUT2D eigenvalue weighted by atomic mass is 15.1. The van der Waals surface area contributed by atoms with Crippen molar-refractivity contribution < 1.29 is 0 Å². The SMILES string of the molecule is Cc1ccc(C)n1C(C)(CN)C(C)C. The lowest BCUT2D eigenvalue weighted by Gasteiger charge is -2.37. The number of hydrogen-bond donors (Lipinski definition) is 1. The van der Waals surface area contributed by atoms with Gasteiger partial charge >= 0.3 is 0 Å². The first kappa shape index (κ1) is 11.3. The van der Waals surface area contributed by atoms with Crippen LogP contribution in [0, 0.1) is 19.8 Å². The Morgan fingerprint density at radius 2 is 1.71 bits per heavy atom. The van der Waals surface area contributed by atoms with Gasteiger partial charge in [0.1, 0.15) is 0 Å². The minimum atomic E-state index is 0.0394. The molecule has 1 aromatic rings. The Hall–Kier alpha value is -0.760. The second kappa shape index (κ2) is 3.77. The Kier molecular flexibility index (Phi) is 3.05. The Balaban J connectivity index is 3.25. The van der Waals surface area contributed by atoms with E-state index in [1.807, 2.05) is 0 Å². The van der Waals surface area contributed by atoms with E-state index in [1.165, 1.54) is 11.4 Å². The molecule has 1 heterocycles. The molecule has 2 heteroatoms. The highest BCUT2D eigenvalue weighted by molar-refractivity contribution is 5.17. The molecule has 80 valence electrons. The van der Waals surface area contributed by atoms with Gasteiger partial charge in [0.05, 0.1) is 5.54 Å². The zero-order valence-corrected chi connectivity index (χ0v) is 9.96. The molecule has 2 N–H and O–H groups in total. The fourth-order valence-electron chi connectivity index (χ4n) is 2.06. The van der Waals surface area contributed by atoms with Crippen LogP contribution in [0.3, 0.4) is 0 Å². The van der Waals surface area contributed by atoms with Crippen LogP contribution in [0.15, 0.2) is 12.1 Å². The molecule has 1 rings (SSSR count). The van der Waals surface area contributed by atoms with Crippen LogP contribution in [0.5, 0.6) is 0 Å². The molecular formula is C12H22N2. The molecular weight excluding hydrogens is 172 g/mol. The van der Waals surface area contributed by atoms with Crippen molar-refractivity contribution in [3.05, 3.63) is 23.5 Å². The molecule has 14 heavy (non-hydrogen) atoms. The molecule has 0 spiro atoms. The average Bonchev–Trinajstić information content (AvgIpc) is 2.45. The molecule has 0 fully saturated rings. The zero-order valence-electron chi connectivity index (χ0n) is 9.96. The monoisotopic (exact) mass is 194 g/mol. The average molecular weight is 194 g/mol. The summed E-state index contributed by atoms with van der Waals surface area (Å²) in [7, 11) is 0. The van der Waals surface area contributed by atoms with Crippen molar-refractivity contribution >= 4 is 0 Å². The summed E-state index contributed by atoms with van der Waals surface area (Å²) in [5.74, 6) is 0.539. The first-order chi connectivity index (χ1) is 6.43. The van der Waals surface area contributed by atoms with Crippen molar-refractivity contribution in [3.63, 3.8) is 0 Å². The molecule has 1 atom stereocenters. The molecule has 1 unspecified atom stereocenters. The fraction of sp³-hybridized carbons (Fsp3) is 0.667. The Labute approximate surface area is 87.1 Å². The lowest BCUT2D eigenvalue weighted by Crippen LogP contribution is -2.43. The van der Waals surface area contributed by atoms with Crippen molar-refractivity contribution in [2.24, 2.45) is 11.7 Å². The maximum atomic E-state index is 5.92. The number of nitrogens with zero attached hydrogens (tertiary/aromatic N) is 1. The van der Waals surface area contributed by atoms with E-state index in [-0.39, 0.29) is 5.54 Å². The van der Waals surface area contributed by atoms with Gasteiger partial charge in [-0.05, 0) is 38.8 Å². The predicted molar refractivity (Wildman–Crippen MR) is 61.4 cm³/mol. The van der Waals surface area contributed by atoms with E-state index in [0.717, 1.165) is 0 Å². The van der Waals surface area contributed by atoms with Gasteiger partial charge in [0, 0.05) is 17.9 Å². The van der Waals surface area contributed by atoms with Crippen LogP contribution in [0.2, 0.25) is 0 Å². The summed E-state index contributed by atoms with van der Waals surface area (Å²) in [5.41, 5.74) is 8.55. The molecule has 1 aromatic heterocycles. The highest BCUT2D eigenvalue weighted by Gasteiger charge is 2.30. The summed E-state index contributed by atoms with van der Waals surface area (Å²) in [4.78, 5) is 0. The molecule has 0 bridgehead atoms. The topological polar surface area (TPSA) is 30.9 Å². The lowest BCUT2D eigenvalue weighted by molar-refractivity contribution is 0.224. The summed E-state index contributed by atoms with van der Waals surface area (Å²) in [5, 5.41) is 0. The largest absolute Gasteiger partial charge is 0.342 e. The van der Waals surface area contributed by atoms with Gasteiger partial charge in [0.25, 0.3) is 0 Å². The third kappa shape index (κ3) is 1.59. The van der Waals surface area contributed by atoms with Crippen LogP contribution in [-0.2, 0) is 5.54 Å². The van der Waals surface area contributed by atoms with Crippen molar-refractivity contribution in [2.45, 2.75) is 40.2 Å². The maximum Gasteiger partial charge on any atom is 0.0561 e. The quantitative estimate of drug-likeness (QED) is 0.787. The molecule has 0 aliphatic carbocycles. The molecule has 0 saturated heterocycles. The highest BCUT2D eigenvalue weighted by Crippen LogP contribution is 2.28. The van der Waals surface area contributed by atoms with Gasteiger partial charge < -0.3 is 10.3 Å². The van der Waals surface area contributed by atoms with Gasteiger partial charge in [-0.25, -0.2) is 0 Å². The molecule has 0 radical (unpaired) electrons. The van der Waals surface area contributed by atoms with Crippen LogP contribution in [0.4, 0.5) is 0 Å². The van der Waals surface area contributed by atoms with E-state index in [0.29, 0.717) is 12.5 Å². The normalized spacial score (nSPS) is 15.9. The van der Waals surface area contributed by atoms with E-state index >= 15 is 0 Å². The van der Waals surface area contributed by atoms with Crippen LogP contribution in [0.1, 0.15) is 32.2 Å². The van der Waals surface area contributed by atoms with E-state index in [4.69, 9.17) is 5.73 Å². The van der Waals surface area contributed by atoms with Crippen molar-refractivity contribution in [1.82, 2.24) is 4.57 Å². The number of rotatable bonds is 3. The fourth-order valence-corrected chi connectivity index (χ4v) is 2.06. The minimum Gasteiger partial charge on any atom is -0.342 e. The van der Waals surface area contributed by atoms with E-state index in [2.05, 4.69) is 51.3 Å². The van der Waals surface area contributed by atoms with E-state index in [9.17, 15) is 0 Å². The van der Waals surface area contributed by atoms with Crippen molar-refractivity contribution in [2.75, 3.05) is 6.54 Å². The van der Waals surface area contributed by atoms with Gasteiger partial charge in [-0.2, -0.15) is 0 Å². The first-order valence-corrected chi connectivity index (χ1v) is 5.29. The summed E-state index contributed by atoms with van der Waals surface area (Å²) in [6.45, 7) is 11.7. The van der Waals surface area contributed by atoms with Gasteiger partial charge in [-0.15, -0.1) is 0 Å². The van der Waals surface area contributed by atoms with Crippen LogP contribution < -0.4 is 5.73 Å². The molecule has 0 aliphatic heterocycles. The molecule has 0 saturated carbocycles. The van der Waals surface area contributed by atoms with Crippen LogP contribution in [-0.4, -0.2) is 11.1 Å². The third-order valence-electron chi connectivity index (χ3n) is 3.44. The van der Waals surface area contributed by atoms with E-state index in [1.54, 1.807) is 0 Å². The van der Waals surface area contributed by atoms with Gasteiger partial charge in [0.15, 0.2) is 0 Å². The predicted octanol–water partition coefficient (Wildman–Crippen LogP) is 2.43. The molecule has 0 aliphatic rings. The summed E-state index contributed by atoms with van der Waals surface area (Å²) < 4.78 is 2.36. The number of aromatic nitrogens is 1. The first-order valence-electron chi connectivity index (χ1n) is 5.29. The smallest absolute Gasteiger partial charge is 0.0561 e.